The highest BCUT2D eigenvalue weighted by atomic mass is 16.5. The van der Waals surface area contributed by atoms with Gasteiger partial charge < -0.3 is 14.9 Å². The molecule has 5 nitrogen and oxygen atoms in total. The summed E-state index contributed by atoms with van der Waals surface area (Å²) in [7, 11) is 0. The molecule has 0 radical (unpaired) electrons. The van der Waals surface area contributed by atoms with E-state index in [0.717, 1.165) is 38.6 Å². The highest BCUT2D eigenvalue weighted by molar-refractivity contribution is 5.69. The molecule has 0 aliphatic rings. The maximum atomic E-state index is 11.7. The van der Waals surface area contributed by atoms with E-state index in [9.17, 15) is 4.79 Å². The predicted octanol–water partition coefficient (Wildman–Crippen LogP) is 3.91. The van der Waals surface area contributed by atoms with Crippen molar-refractivity contribution in [2.24, 2.45) is 0 Å². The predicted molar refractivity (Wildman–Crippen MR) is 107 cm³/mol. The van der Waals surface area contributed by atoms with Gasteiger partial charge in [0.2, 0.25) is 0 Å². The quantitative estimate of drug-likeness (QED) is 0.250. The third kappa shape index (κ3) is 18.2. The lowest BCUT2D eigenvalue weighted by Crippen LogP contribution is -2.30. The van der Waals surface area contributed by atoms with Crippen molar-refractivity contribution >= 4 is 5.97 Å². The molecule has 0 atom stereocenters. The Morgan fingerprint density at radius 2 is 1.27 bits per heavy atom. The molecule has 0 heterocycles. The van der Waals surface area contributed by atoms with Gasteiger partial charge in [-0.05, 0) is 32.2 Å². The summed E-state index contributed by atoms with van der Waals surface area (Å²) < 4.78 is 5.28. The van der Waals surface area contributed by atoms with Gasteiger partial charge >= 0.3 is 5.97 Å². The van der Waals surface area contributed by atoms with Crippen LogP contribution in [0.15, 0.2) is 0 Å². The van der Waals surface area contributed by atoms with Crippen LogP contribution >= 0.6 is 0 Å². The Bertz CT molecular complexity index is 294. The lowest BCUT2D eigenvalue weighted by molar-refractivity contribution is -0.143. The molecule has 0 spiro atoms. The molecule has 0 saturated heterocycles. The standard InChI is InChI=1S/C21H43NO4/c1-2-3-4-5-6-7-8-9-11-14-21(25)26-20-13-10-12-15-22(16-18-23)17-19-24/h23-24H,2-20H2,1H3. The lowest BCUT2D eigenvalue weighted by atomic mass is 10.1. The van der Waals surface area contributed by atoms with Gasteiger partial charge in [-0.1, -0.05) is 58.3 Å². The van der Waals surface area contributed by atoms with Gasteiger partial charge in [-0.25, -0.2) is 0 Å². The Kier molecular flexibility index (Phi) is 20.1. The van der Waals surface area contributed by atoms with Crippen LogP contribution in [0.3, 0.4) is 0 Å². The number of hydrogen-bond acceptors (Lipinski definition) is 5. The topological polar surface area (TPSA) is 70.0 Å². The van der Waals surface area contributed by atoms with Gasteiger partial charge in [-0.3, -0.25) is 9.69 Å². The van der Waals surface area contributed by atoms with Crippen molar-refractivity contribution in [3.8, 4) is 0 Å². The van der Waals surface area contributed by atoms with Crippen molar-refractivity contribution in [3.05, 3.63) is 0 Å². The number of nitrogens with zero attached hydrogens (tertiary/aromatic N) is 1. The van der Waals surface area contributed by atoms with Crippen molar-refractivity contribution in [1.82, 2.24) is 4.90 Å². The van der Waals surface area contributed by atoms with Crippen LogP contribution in [0.5, 0.6) is 0 Å². The second-order valence-electron chi connectivity index (χ2n) is 7.15. The van der Waals surface area contributed by atoms with E-state index in [-0.39, 0.29) is 19.2 Å². The summed E-state index contributed by atoms with van der Waals surface area (Å²) >= 11 is 0. The molecule has 0 amide bonds. The second kappa shape index (κ2) is 20.7. The Hall–Kier alpha value is -0.650. The van der Waals surface area contributed by atoms with E-state index in [4.69, 9.17) is 14.9 Å². The Morgan fingerprint density at radius 3 is 1.85 bits per heavy atom. The van der Waals surface area contributed by atoms with E-state index in [1.54, 1.807) is 0 Å². The highest BCUT2D eigenvalue weighted by Gasteiger charge is 2.04. The van der Waals surface area contributed by atoms with Crippen LogP contribution in [0, 0.1) is 0 Å². The molecule has 156 valence electrons. The summed E-state index contributed by atoms with van der Waals surface area (Å²) in [6.07, 6.45) is 14.7. The van der Waals surface area contributed by atoms with E-state index in [1.165, 1.54) is 44.9 Å². The fourth-order valence-corrected chi connectivity index (χ4v) is 3.07. The van der Waals surface area contributed by atoms with Crippen LogP contribution in [0.25, 0.3) is 0 Å². The Morgan fingerprint density at radius 1 is 0.731 bits per heavy atom. The van der Waals surface area contributed by atoms with E-state index in [0.29, 0.717) is 26.1 Å². The first-order chi connectivity index (χ1) is 12.7. The number of hydrogen-bond donors (Lipinski definition) is 2. The summed E-state index contributed by atoms with van der Waals surface area (Å²) in [5.74, 6) is -0.0601. The summed E-state index contributed by atoms with van der Waals surface area (Å²) in [5, 5.41) is 17.9. The maximum Gasteiger partial charge on any atom is 0.305 e. The summed E-state index contributed by atoms with van der Waals surface area (Å²) in [4.78, 5) is 13.7. The van der Waals surface area contributed by atoms with Crippen molar-refractivity contribution in [2.45, 2.75) is 90.4 Å². The molecule has 0 aromatic carbocycles. The molecule has 0 aromatic heterocycles. The molecule has 0 saturated carbocycles. The summed E-state index contributed by atoms with van der Waals surface area (Å²) in [6.45, 7) is 5.07. The van der Waals surface area contributed by atoms with Crippen LogP contribution < -0.4 is 0 Å². The monoisotopic (exact) mass is 373 g/mol. The van der Waals surface area contributed by atoms with Gasteiger partial charge in [0, 0.05) is 19.5 Å². The number of carbonyl (C=O) groups excluding carboxylic acids is 1. The number of aliphatic hydroxyl groups excluding tert-OH is 2. The van der Waals surface area contributed by atoms with E-state index in [2.05, 4.69) is 11.8 Å². The van der Waals surface area contributed by atoms with E-state index >= 15 is 0 Å². The van der Waals surface area contributed by atoms with Crippen LogP contribution in [0.1, 0.15) is 90.4 Å². The Balaban J connectivity index is 3.33. The zero-order valence-corrected chi connectivity index (χ0v) is 17.1. The first kappa shape index (κ1) is 25.4. The molecule has 0 fully saturated rings. The minimum Gasteiger partial charge on any atom is -0.466 e. The van der Waals surface area contributed by atoms with Gasteiger partial charge in [0.1, 0.15) is 0 Å². The fourth-order valence-electron chi connectivity index (χ4n) is 3.07. The number of aliphatic hydroxyl groups is 2. The average molecular weight is 374 g/mol. The molecule has 0 aliphatic carbocycles. The average Bonchev–Trinajstić information content (AvgIpc) is 2.63. The summed E-state index contributed by atoms with van der Waals surface area (Å²) in [5.41, 5.74) is 0. The molecule has 0 unspecified atom stereocenters. The van der Waals surface area contributed by atoms with Crippen molar-refractivity contribution in [2.75, 3.05) is 39.5 Å². The number of unbranched alkanes of at least 4 members (excludes halogenated alkanes) is 10. The van der Waals surface area contributed by atoms with E-state index in [1.807, 2.05) is 0 Å². The van der Waals surface area contributed by atoms with Crippen LogP contribution in [0.4, 0.5) is 0 Å². The minimum atomic E-state index is -0.0601. The van der Waals surface area contributed by atoms with Gasteiger partial charge in [0.25, 0.3) is 0 Å². The Labute approximate surface area is 161 Å². The highest BCUT2D eigenvalue weighted by Crippen LogP contribution is 2.11. The zero-order valence-electron chi connectivity index (χ0n) is 17.1. The third-order valence-electron chi connectivity index (χ3n) is 4.70. The van der Waals surface area contributed by atoms with Crippen molar-refractivity contribution < 1.29 is 19.7 Å². The molecule has 5 heteroatoms. The molecular weight excluding hydrogens is 330 g/mol. The second-order valence-corrected chi connectivity index (χ2v) is 7.15. The fraction of sp³-hybridized carbons (Fsp3) is 0.952. The SMILES string of the molecule is CCCCCCCCCCCC(=O)OCCCCCN(CCO)CCO. The molecule has 26 heavy (non-hydrogen) atoms. The van der Waals surface area contributed by atoms with Crippen LogP contribution in [0.2, 0.25) is 0 Å². The number of carbonyl (C=O) groups is 1. The maximum absolute atomic E-state index is 11.7. The first-order valence-electron chi connectivity index (χ1n) is 10.8. The number of rotatable bonds is 20. The largest absolute Gasteiger partial charge is 0.466 e. The first-order valence-corrected chi connectivity index (χ1v) is 10.8. The van der Waals surface area contributed by atoms with Gasteiger partial charge in [-0.2, -0.15) is 0 Å². The lowest BCUT2D eigenvalue weighted by Gasteiger charge is -2.19. The number of esters is 1. The third-order valence-corrected chi connectivity index (χ3v) is 4.70. The smallest absolute Gasteiger partial charge is 0.305 e. The van der Waals surface area contributed by atoms with Crippen LogP contribution in [-0.2, 0) is 9.53 Å². The number of ether oxygens (including phenoxy) is 1. The van der Waals surface area contributed by atoms with Crippen molar-refractivity contribution in [3.63, 3.8) is 0 Å². The van der Waals surface area contributed by atoms with Gasteiger partial charge in [0.15, 0.2) is 0 Å². The molecule has 2 N–H and O–H groups in total. The van der Waals surface area contributed by atoms with Gasteiger partial charge in [0.05, 0.1) is 19.8 Å². The normalized spacial score (nSPS) is 11.2. The van der Waals surface area contributed by atoms with Crippen molar-refractivity contribution in [1.29, 1.82) is 0 Å². The van der Waals surface area contributed by atoms with Gasteiger partial charge in [-0.15, -0.1) is 0 Å². The molecule has 0 bridgehead atoms. The van der Waals surface area contributed by atoms with E-state index < -0.39 is 0 Å². The molecule has 0 aliphatic heterocycles. The van der Waals surface area contributed by atoms with Crippen LogP contribution in [-0.4, -0.2) is 60.5 Å². The molecular formula is C21H43NO4. The molecule has 0 aromatic rings. The molecule has 0 rings (SSSR count). The summed E-state index contributed by atoms with van der Waals surface area (Å²) in [6, 6.07) is 0. The zero-order chi connectivity index (χ0) is 19.3. The minimum absolute atomic E-state index is 0.0601.